The summed E-state index contributed by atoms with van der Waals surface area (Å²) in [6.07, 6.45) is 4.91. The van der Waals surface area contributed by atoms with E-state index in [1.54, 1.807) is 6.07 Å². The third kappa shape index (κ3) is 6.25. The molecule has 9 heteroatoms. The molecule has 0 amide bonds. The summed E-state index contributed by atoms with van der Waals surface area (Å²) < 4.78 is 37.8. The van der Waals surface area contributed by atoms with Crippen LogP contribution in [-0.4, -0.2) is 52.2 Å². The van der Waals surface area contributed by atoms with E-state index in [-0.39, 0.29) is 30.5 Å². The fraction of sp³-hybridized carbons (Fsp3) is 0.387. The van der Waals surface area contributed by atoms with Crippen LogP contribution in [0.1, 0.15) is 46.5 Å². The zero-order valence-corrected chi connectivity index (χ0v) is 23.2. The van der Waals surface area contributed by atoms with Crippen LogP contribution in [0.4, 0.5) is 10.2 Å². The molecule has 8 nitrogen and oxygen atoms in total. The fourth-order valence-corrected chi connectivity index (χ4v) is 5.13. The Bertz CT molecular complexity index is 1480. The van der Waals surface area contributed by atoms with Gasteiger partial charge in [0.25, 0.3) is 0 Å². The second-order valence-corrected chi connectivity index (χ2v) is 11.0. The largest absolute Gasteiger partial charge is 0.510 e. The maximum absolute atomic E-state index is 14.9. The molecule has 0 radical (unpaired) electrons. The minimum absolute atomic E-state index is 0.0295. The lowest BCUT2D eigenvalue weighted by molar-refractivity contribution is 0.0202. The summed E-state index contributed by atoms with van der Waals surface area (Å²) in [5.41, 5.74) is 2.09. The van der Waals surface area contributed by atoms with Crippen LogP contribution in [-0.2, 0) is 9.47 Å². The number of rotatable bonds is 8. The van der Waals surface area contributed by atoms with E-state index in [9.17, 15) is 9.18 Å². The predicted molar refractivity (Wildman–Crippen MR) is 153 cm³/mol. The number of nitrogens with zero attached hydrogens (tertiary/aromatic N) is 2. The maximum atomic E-state index is 14.9. The van der Waals surface area contributed by atoms with Gasteiger partial charge in [-0.1, -0.05) is 36.4 Å². The summed E-state index contributed by atoms with van der Waals surface area (Å²) in [4.78, 5) is 19.1. The van der Waals surface area contributed by atoms with Crippen molar-refractivity contribution >= 4 is 22.9 Å². The number of carbonyl (C=O) groups excluding carboxylic acids is 1. The van der Waals surface area contributed by atoms with Crippen LogP contribution >= 0.6 is 0 Å². The lowest BCUT2D eigenvalue weighted by Gasteiger charge is -2.29. The van der Waals surface area contributed by atoms with Crippen LogP contribution in [0.5, 0.6) is 5.75 Å². The van der Waals surface area contributed by atoms with E-state index in [0.29, 0.717) is 33.8 Å². The highest BCUT2D eigenvalue weighted by molar-refractivity contribution is 6.06. The number of fused-ring (bicyclic) bond motifs is 1. The number of benzene rings is 2. The molecule has 2 atom stereocenters. The first-order chi connectivity index (χ1) is 19.2. The van der Waals surface area contributed by atoms with Crippen molar-refractivity contribution in [3.8, 4) is 28.2 Å². The molecule has 1 fully saturated rings. The Balaban J connectivity index is 1.46. The third-order valence-corrected chi connectivity index (χ3v) is 6.80. The van der Waals surface area contributed by atoms with E-state index in [4.69, 9.17) is 18.6 Å². The second-order valence-electron chi connectivity index (χ2n) is 11.0. The Morgan fingerprint density at radius 3 is 2.62 bits per heavy atom. The van der Waals surface area contributed by atoms with Gasteiger partial charge in [-0.2, -0.15) is 0 Å². The molecule has 0 aliphatic heterocycles. The molecule has 1 aliphatic carbocycles. The average molecular weight is 549 g/mol. The van der Waals surface area contributed by atoms with Crippen molar-refractivity contribution in [2.24, 2.45) is 0 Å². The summed E-state index contributed by atoms with van der Waals surface area (Å²) in [5.74, 6) is 0.763. The van der Waals surface area contributed by atoms with Gasteiger partial charge >= 0.3 is 5.97 Å². The van der Waals surface area contributed by atoms with Crippen molar-refractivity contribution in [1.29, 1.82) is 0 Å². The number of halogens is 1. The Kier molecular flexibility index (Phi) is 8.02. The molecule has 0 bridgehead atoms. The number of furan rings is 1. The summed E-state index contributed by atoms with van der Waals surface area (Å²) in [6.45, 7) is 5.65. The maximum Gasteiger partial charge on any atom is 0.510 e. The number of hydrogen-bond acceptors (Lipinski definition) is 7. The zero-order valence-electron chi connectivity index (χ0n) is 23.2. The normalized spacial score (nSPS) is 17.5. The Hall–Kier alpha value is -3.98. The molecule has 0 unspecified atom stereocenters. The van der Waals surface area contributed by atoms with Crippen molar-refractivity contribution in [3.05, 3.63) is 60.7 Å². The molecular weight excluding hydrogens is 513 g/mol. The molecule has 1 saturated carbocycles. The zero-order chi connectivity index (χ0) is 28.3. The van der Waals surface area contributed by atoms with Gasteiger partial charge in [-0.3, -0.25) is 0 Å². The average Bonchev–Trinajstić information content (AvgIpc) is 3.32. The summed E-state index contributed by atoms with van der Waals surface area (Å²) in [5, 5.41) is 4.26. The summed E-state index contributed by atoms with van der Waals surface area (Å²) in [6, 6.07) is 14.6. The van der Waals surface area contributed by atoms with E-state index in [1.807, 2.05) is 57.2 Å². The minimum atomic E-state index is -0.490. The van der Waals surface area contributed by atoms with Crippen LogP contribution < -0.4 is 10.1 Å². The SMILES string of the molecule is COc1ccc(-c2c(-c3ccccc3)oc3ncnc(N[C@H]4CCC[C@H](OCC(=[OH+])OC(C)(C)C)C4)c23)cc1F. The first-order valence-corrected chi connectivity index (χ1v) is 13.5. The smallest absolute Gasteiger partial charge is 0.494 e. The second kappa shape index (κ2) is 11.6. The monoisotopic (exact) mass is 548 g/mol. The number of anilines is 1. The van der Waals surface area contributed by atoms with E-state index in [0.717, 1.165) is 31.2 Å². The van der Waals surface area contributed by atoms with Crippen molar-refractivity contribution in [2.75, 3.05) is 19.0 Å². The third-order valence-electron chi connectivity index (χ3n) is 6.80. The van der Waals surface area contributed by atoms with Gasteiger partial charge < -0.3 is 28.7 Å². The van der Waals surface area contributed by atoms with Crippen molar-refractivity contribution in [1.82, 2.24) is 9.97 Å². The first kappa shape index (κ1) is 27.6. The number of hydrogen-bond donors (Lipinski definition) is 1. The van der Waals surface area contributed by atoms with Gasteiger partial charge in [0.1, 0.15) is 17.9 Å². The van der Waals surface area contributed by atoms with Gasteiger partial charge in [0, 0.05) is 37.9 Å². The molecular formula is C31H35FN3O5+. The highest BCUT2D eigenvalue weighted by Crippen LogP contribution is 2.43. The lowest BCUT2D eigenvalue weighted by Crippen LogP contribution is -2.34. The number of methoxy groups -OCH3 is 1. The Morgan fingerprint density at radius 2 is 1.90 bits per heavy atom. The molecule has 2 aromatic heterocycles. The standard InChI is InChI=1S/C31H34FN3O5/c1-31(2,3)40-25(36)17-38-22-12-8-11-21(16-22)35-29-27-26(20-13-14-24(37-4)23(32)15-20)28(19-9-6-5-7-10-19)39-30(27)34-18-33-29/h5-7,9-10,13-15,18,21-22H,8,11-12,16-17H2,1-4H3,(H,33,34,35)/p+1/t21-,22-/m0/s1. The number of nitrogens with one attached hydrogen (secondary N) is 1. The number of esters is 1. The van der Waals surface area contributed by atoms with Gasteiger partial charge in [0.15, 0.2) is 17.2 Å². The van der Waals surface area contributed by atoms with E-state index < -0.39 is 11.4 Å². The molecule has 0 spiro atoms. The molecule has 1 aliphatic rings. The Morgan fingerprint density at radius 1 is 1.10 bits per heavy atom. The molecule has 2 N–H and O–H groups in total. The van der Waals surface area contributed by atoms with Crippen LogP contribution in [0.2, 0.25) is 0 Å². The predicted octanol–water partition coefficient (Wildman–Crippen LogP) is 6.76. The quantitative estimate of drug-likeness (QED) is 0.192. The minimum Gasteiger partial charge on any atom is -0.494 e. The molecule has 4 aromatic rings. The van der Waals surface area contributed by atoms with E-state index in [1.165, 1.54) is 19.5 Å². The van der Waals surface area contributed by atoms with Gasteiger partial charge in [0.05, 0.1) is 18.6 Å². The van der Waals surface area contributed by atoms with Gasteiger partial charge in [0.2, 0.25) is 12.3 Å². The van der Waals surface area contributed by atoms with Crippen LogP contribution in [0, 0.1) is 5.82 Å². The van der Waals surface area contributed by atoms with E-state index in [2.05, 4.69) is 15.3 Å². The van der Waals surface area contributed by atoms with Gasteiger partial charge in [-0.25, -0.2) is 14.4 Å². The van der Waals surface area contributed by atoms with Crippen LogP contribution in [0.15, 0.2) is 59.3 Å². The molecule has 40 heavy (non-hydrogen) atoms. The molecule has 5 rings (SSSR count). The van der Waals surface area contributed by atoms with Crippen molar-refractivity contribution < 1.29 is 27.8 Å². The fourth-order valence-electron chi connectivity index (χ4n) is 5.13. The van der Waals surface area contributed by atoms with Gasteiger partial charge in [-0.05, 0) is 43.4 Å². The van der Waals surface area contributed by atoms with Gasteiger partial charge in [-0.15, -0.1) is 0 Å². The highest BCUT2D eigenvalue weighted by atomic mass is 19.1. The number of ether oxygens (including phenoxy) is 3. The summed E-state index contributed by atoms with van der Waals surface area (Å²) >= 11 is 0. The summed E-state index contributed by atoms with van der Waals surface area (Å²) in [7, 11) is 1.44. The van der Waals surface area contributed by atoms with Crippen LogP contribution in [0.3, 0.4) is 0 Å². The lowest BCUT2D eigenvalue weighted by atomic mass is 9.92. The molecule has 2 heterocycles. The first-order valence-electron chi connectivity index (χ1n) is 13.5. The van der Waals surface area contributed by atoms with Crippen LogP contribution in [0.25, 0.3) is 33.6 Å². The topological polar surface area (TPSA) is 100 Å². The van der Waals surface area contributed by atoms with Crippen molar-refractivity contribution in [3.63, 3.8) is 0 Å². The molecule has 0 saturated heterocycles. The Labute approximate surface area is 232 Å². The van der Waals surface area contributed by atoms with E-state index >= 15 is 0 Å². The highest BCUT2D eigenvalue weighted by Gasteiger charge is 2.30. The van der Waals surface area contributed by atoms with Crippen molar-refractivity contribution in [2.45, 2.75) is 64.2 Å². The molecule has 210 valence electrons. The molecule has 2 aromatic carbocycles. The number of aromatic nitrogens is 2.